The maximum atomic E-state index is 12.8. The Kier molecular flexibility index (Phi) is 5.40. The van der Waals surface area contributed by atoms with Crippen LogP contribution in [-0.2, 0) is 17.4 Å². The lowest BCUT2D eigenvalue weighted by Crippen LogP contribution is -2.41. The van der Waals surface area contributed by atoms with Gasteiger partial charge in [-0.25, -0.2) is 0 Å². The molecule has 0 spiro atoms. The number of fused-ring (bicyclic) bond motifs is 1. The van der Waals surface area contributed by atoms with Gasteiger partial charge in [0.15, 0.2) is 5.78 Å². The molecule has 2 aliphatic heterocycles. The summed E-state index contributed by atoms with van der Waals surface area (Å²) in [5, 5.41) is 0. The van der Waals surface area contributed by atoms with Crippen LogP contribution in [0.2, 0.25) is 0 Å². The van der Waals surface area contributed by atoms with E-state index in [1.54, 1.807) is 23.1 Å². The van der Waals surface area contributed by atoms with Gasteiger partial charge >= 0.3 is 6.18 Å². The topological polar surface area (TPSA) is 55.8 Å². The maximum Gasteiger partial charge on any atom is 0.416 e. The Morgan fingerprint density at radius 1 is 1.07 bits per heavy atom. The first-order valence-electron chi connectivity index (χ1n) is 9.70. The lowest BCUT2D eigenvalue weighted by Gasteiger charge is -2.32. The molecule has 1 saturated heterocycles. The van der Waals surface area contributed by atoms with Crippen molar-refractivity contribution in [3.63, 3.8) is 0 Å². The number of hydrogen-bond acceptors (Lipinski definition) is 4. The van der Waals surface area contributed by atoms with Crippen molar-refractivity contribution in [3.8, 4) is 11.5 Å². The van der Waals surface area contributed by atoms with Crippen molar-refractivity contribution in [2.75, 3.05) is 19.7 Å². The molecular weight excluding hydrogens is 399 g/mol. The van der Waals surface area contributed by atoms with Gasteiger partial charge in [-0.15, -0.1) is 0 Å². The van der Waals surface area contributed by atoms with Crippen LogP contribution in [-0.4, -0.2) is 42.4 Å². The number of carbonyl (C=O) groups excluding carboxylic acids is 2. The molecule has 4 rings (SSSR count). The second kappa shape index (κ2) is 8.01. The van der Waals surface area contributed by atoms with Crippen molar-refractivity contribution >= 4 is 11.7 Å². The minimum absolute atomic E-state index is 0.0201. The molecule has 0 atom stereocenters. The summed E-state index contributed by atoms with van der Waals surface area (Å²) in [7, 11) is 0. The van der Waals surface area contributed by atoms with Crippen molar-refractivity contribution in [2.24, 2.45) is 0 Å². The smallest absolute Gasteiger partial charge is 0.416 e. The zero-order chi connectivity index (χ0) is 21.3. The number of ketones is 1. The van der Waals surface area contributed by atoms with E-state index in [0.29, 0.717) is 43.0 Å². The third kappa shape index (κ3) is 4.42. The molecule has 8 heteroatoms. The average molecular weight is 419 g/mol. The number of likely N-dealkylation sites (tertiary alicyclic amines) is 1. The van der Waals surface area contributed by atoms with Crippen LogP contribution < -0.4 is 9.47 Å². The van der Waals surface area contributed by atoms with Crippen molar-refractivity contribution < 1.29 is 32.2 Å². The Balaban J connectivity index is 1.34. The van der Waals surface area contributed by atoms with E-state index in [1.165, 1.54) is 12.1 Å². The molecule has 0 unspecified atom stereocenters. The summed E-state index contributed by atoms with van der Waals surface area (Å²) >= 11 is 0. The first-order chi connectivity index (χ1) is 14.3. The van der Waals surface area contributed by atoms with Crippen molar-refractivity contribution in [1.29, 1.82) is 0 Å². The minimum atomic E-state index is -4.37. The van der Waals surface area contributed by atoms with E-state index in [4.69, 9.17) is 9.47 Å². The van der Waals surface area contributed by atoms with E-state index in [2.05, 4.69) is 0 Å². The lowest BCUT2D eigenvalue weighted by molar-refractivity contribution is -0.137. The summed E-state index contributed by atoms with van der Waals surface area (Å²) in [6, 6.07) is 9.75. The normalized spacial score (nSPS) is 17.3. The highest BCUT2D eigenvalue weighted by molar-refractivity contribution is 5.95. The van der Waals surface area contributed by atoms with Crippen LogP contribution in [0.25, 0.3) is 0 Å². The molecule has 0 radical (unpaired) electrons. The molecule has 30 heavy (non-hydrogen) atoms. The van der Waals surface area contributed by atoms with Crippen LogP contribution in [0.4, 0.5) is 13.2 Å². The Labute approximate surface area is 171 Å². The summed E-state index contributed by atoms with van der Waals surface area (Å²) < 4.78 is 49.1. The molecule has 1 fully saturated rings. The first kappa shape index (κ1) is 20.3. The number of amides is 1. The predicted molar refractivity (Wildman–Crippen MR) is 102 cm³/mol. The monoisotopic (exact) mass is 419 g/mol. The number of carbonyl (C=O) groups is 2. The fraction of sp³-hybridized carbons (Fsp3) is 0.364. The first-order valence-corrected chi connectivity index (χ1v) is 9.70. The molecule has 158 valence electrons. The van der Waals surface area contributed by atoms with Gasteiger partial charge in [0.25, 0.3) is 5.91 Å². The molecule has 2 heterocycles. The molecule has 1 amide bonds. The molecule has 0 aromatic heterocycles. The number of alkyl halides is 3. The average Bonchev–Trinajstić information content (AvgIpc) is 2.73. The van der Waals surface area contributed by atoms with Gasteiger partial charge in [-0.3, -0.25) is 9.59 Å². The standard InChI is InChI=1S/C22H20F3NO4/c23-22(24,25)16-2-4-18(5-3-16)30-19-7-9-26(10-8-19)21(28)14-1-6-20-15(11-14)12-17(27)13-29-20/h1-6,11,19H,7-10,12-13H2. The summed E-state index contributed by atoms with van der Waals surface area (Å²) in [6.07, 6.45) is -3.11. The number of Topliss-reactive ketones (excluding diaryl/α,β-unsaturated/α-hetero) is 1. The number of rotatable bonds is 3. The fourth-order valence-electron chi connectivity index (χ4n) is 3.69. The Morgan fingerprint density at radius 3 is 2.43 bits per heavy atom. The molecule has 5 nitrogen and oxygen atoms in total. The number of ether oxygens (including phenoxy) is 2. The van der Waals surface area contributed by atoms with Crippen LogP contribution >= 0.6 is 0 Å². The van der Waals surface area contributed by atoms with Crippen molar-refractivity contribution in [2.45, 2.75) is 31.5 Å². The van der Waals surface area contributed by atoms with Crippen LogP contribution in [0.15, 0.2) is 42.5 Å². The number of hydrogen-bond donors (Lipinski definition) is 0. The van der Waals surface area contributed by atoms with E-state index in [0.717, 1.165) is 17.7 Å². The Bertz CT molecular complexity index is 948. The van der Waals surface area contributed by atoms with E-state index in [-0.39, 0.29) is 30.8 Å². The molecule has 0 aliphatic carbocycles. The number of piperidine rings is 1. The number of benzene rings is 2. The Morgan fingerprint density at radius 2 is 1.77 bits per heavy atom. The fourth-order valence-corrected chi connectivity index (χ4v) is 3.69. The van der Waals surface area contributed by atoms with Crippen LogP contribution in [0.5, 0.6) is 11.5 Å². The molecule has 0 bridgehead atoms. The third-order valence-corrected chi connectivity index (χ3v) is 5.30. The SMILES string of the molecule is O=C1COc2ccc(C(=O)N3CCC(Oc4ccc(C(F)(F)F)cc4)CC3)cc2C1. The molecule has 0 saturated carbocycles. The Hall–Kier alpha value is -3.03. The second-order valence-corrected chi connectivity index (χ2v) is 7.46. The quantitative estimate of drug-likeness (QED) is 0.758. The van der Waals surface area contributed by atoms with Crippen LogP contribution in [0.1, 0.15) is 34.3 Å². The van der Waals surface area contributed by atoms with E-state index < -0.39 is 11.7 Å². The van der Waals surface area contributed by atoms with Gasteiger partial charge < -0.3 is 14.4 Å². The minimum Gasteiger partial charge on any atom is -0.490 e. The van der Waals surface area contributed by atoms with Gasteiger partial charge in [0.2, 0.25) is 0 Å². The highest BCUT2D eigenvalue weighted by Gasteiger charge is 2.30. The van der Waals surface area contributed by atoms with Gasteiger partial charge in [0.1, 0.15) is 24.2 Å². The summed E-state index contributed by atoms with van der Waals surface area (Å²) in [5.74, 6) is 0.874. The van der Waals surface area contributed by atoms with Gasteiger partial charge in [-0.2, -0.15) is 13.2 Å². The highest BCUT2D eigenvalue weighted by Crippen LogP contribution is 2.31. The van der Waals surface area contributed by atoms with Gasteiger partial charge in [-0.05, 0) is 42.5 Å². The van der Waals surface area contributed by atoms with Crippen molar-refractivity contribution in [1.82, 2.24) is 4.90 Å². The van der Waals surface area contributed by atoms with E-state index in [9.17, 15) is 22.8 Å². The molecule has 2 aliphatic rings. The lowest BCUT2D eigenvalue weighted by atomic mass is 10.0. The van der Waals surface area contributed by atoms with E-state index >= 15 is 0 Å². The second-order valence-electron chi connectivity index (χ2n) is 7.46. The summed E-state index contributed by atoms with van der Waals surface area (Å²) in [4.78, 5) is 26.1. The van der Waals surface area contributed by atoms with Gasteiger partial charge in [-0.1, -0.05) is 0 Å². The summed E-state index contributed by atoms with van der Waals surface area (Å²) in [5.41, 5.74) is 0.513. The van der Waals surface area contributed by atoms with Crippen LogP contribution in [0.3, 0.4) is 0 Å². The molecular formula is C22H20F3NO4. The van der Waals surface area contributed by atoms with Crippen LogP contribution in [0, 0.1) is 0 Å². The zero-order valence-corrected chi connectivity index (χ0v) is 16.1. The third-order valence-electron chi connectivity index (χ3n) is 5.30. The summed E-state index contributed by atoms with van der Waals surface area (Å²) in [6.45, 7) is 1.03. The molecule has 0 N–H and O–H groups in total. The number of nitrogens with zero attached hydrogens (tertiary/aromatic N) is 1. The van der Waals surface area contributed by atoms with Gasteiger partial charge in [0, 0.05) is 43.5 Å². The van der Waals surface area contributed by atoms with E-state index in [1.807, 2.05) is 0 Å². The largest absolute Gasteiger partial charge is 0.490 e. The molecule has 2 aromatic carbocycles. The zero-order valence-electron chi connectivity index (χ0n) is 16.1. The molecule has 2 aromatic rings. The predicted octanol–water partition coefficient (Wildman–Crippen LogP) is 3.89. The highest BCUT2D eigenvalue weighted by atomic mass is 19.4. The van der Waals surface area contributed by atoms with Gasteiger partial charge in [0.05, 0.1) is 5.56 Å². The van der Waals surface area contributed by atoms with Crippen molar-refractivity contribution in [3.05, 3.63) is 59.2 Å². The maximum absolute atomic E-state index is 12.8. The number of halogens is 3.